The summed E-state index contributed by atoms with van der Waals surface area (Å²) in [4.78, 5) is 0. The van der Waals surface area contributed by atoms with Crippen LogP contribution in [-0.2, 0) is 0 Å². The lowest BCUT2D eigenvalue weighted by molar-refractivity contribution is 0.500. The fraction of sp³-hybridized carbons (Fsp3) is 0.381. The van der Waals surface area contributed by atoms with E-state index in [1.807, 2.05) is 0 Å². The Kier molecular flexibility index (Phi) is 10.4. The number of benzene rings is 5. The molecule has 5 aromatic carbocycles. The van der Waals surface area contributed by atoms with E-state index < -0.39 is 0 Å². The Bertz CT molecular complexity index is 1760. The molecule has 44 heavy (non-hydrogen) atoms. The Morgan fingerprint density at radius 2 is 0.841 bits per heavy atom. The van der Waals surface area contributed by atoms with Crippen LogP contribution >= 0.6 is 0 Å². The second-order valence-corrected chi connectivity index (χ2v) is 16.5. The van der Waals surface area contributed by atoms with Gasteiger partial charge >= 0.3 is 0 Å². The van der Waals surface area contributed by atoms with Crippen molar-refractivity contribution in [2.75, 3.05) is 0 Å². The SMILES string of the molecule is CCCC(C)(CCC)[Si]C#Cc1c2ccccc2c(C#C[Si]C(C)(CCC)CCC)c2cc3cc4ccccc4cc3cc12. The van der Waals surface area contributed by atoms with Crippen LogP contribution in [-0.4, -0.2) is 19.0 Å². The van der Waals surface area contributed by atoms with Gasteiger partial charge in [0, 0.05) is 11.1 Å². The monoisotopic (exact) mass is 606 g/mol. The van der Waals surface area contributed by atoms with Crippen LogP contribution in [0.2, 0.25) is 10.1 Å². The van der Waals surface area contributed by atoms with Gasteiger partial charge in [0.25, 0.3) is 0 Å². The molecule has 0 spiro atoms. The van der Waals surface area contributed by atoms with E-state index in [1.165, 1.54) is 94.5 Å². The topological polar surface area (TPSA) is 0 Å². The second kappa shape index (κ2) is 14.2. The van der Waals surface area contributed by atoms with Crippen molar-refractivity contribution in [1.29, 1.82) is 0 Å². The van der Waals surface area contributed by atoms with E-state index in [9.17, 15) is 0 Å². The third-order valence-electron chi connectivity index (χ3n) is 9.16. The summed E-state index contributed by atoms with van der Waals surface area (Å²) in [5.74, 6) is 7.52. The first-order valence-corrected chi connectivity index (χ1v) is 18.7. The molecule has 0 aliphatic heterocycles. The molecule has 0 amide bonds. The van der Waals surface area contributed by atoms with Crippen LogP contribution in [0.25, 0.3) is 43.1 Å². The largest absolute Gasteiger partial charge is 0.155 e. The van der Waals surface area contributed by atoms with E-state index in [1.54, 1.807) is 0 Å². The van der Waals surface area contributed by atoms with Crippen LogP contribution in [0.5, 0.6) is 0 Å². The van der Waals surface area contributed by atoms with E-state index in [0.29, 0.717) is 29.1 Å². The van der Waals surface area contributed by atoms with Crippen LogP contribution < -0.4 is 0 Å². The van der Waals surface area contributed by atoms with Crippen LogP contribution in [0.3, 0.4) is 0 Å². The van der Waals surface area contributed by atoms with Gasteiger partial charge in [0.05, 0.1) is 0 Å². The number of hydrogen-bond acceptors (Lipinski definition) is 0. The summed E-state index contributed by atoms with van der Waals surface area (Å²) < 4.78 is 0. The predicted molar refractivity (Wildman–Crippen MR) is 198 cm³/mol. The molecule has 0 heterocycles. The molecule has 0 aromatic heterocycles. The molecule has 4 radical (unpaired) electrons. The minimum Gasteiger partial charge on any atom is -0.130 e. The summed E-state index contributed by atoms with van der Waals surface area (Å²) in [6.45, 7) is 14.1. The minimum absolute atomic E-state index is 0.295. The van der Waals surface area contributed by atoms with Crippen molar-refractivity contribution in [2.24, 2.45) is 0 Å². The van der Waals surface area contributed by atoms with E-state index in [-0.39, 0.29) is 0 Å². The standard InChI is InChI=1S/C42H46Si2/c1-7-21-41(5,22-8-2)43-25-19-37-35-17-13-14-18-36(35)38(20-26-44-42(6,23-9-3)24-10-4)40-30-34-28-32-16-12-11-15-31(32)27-33(34)29-39(37)40/h11-18,27-30H,7-10,21-24H2,1-6H3. The van der Waals surface area contributed by atoms with Gasteiger partial charge in [-0.15, -0.1) is 11.1 Å². The first-order valence-electron chi connectivity index (χ1n) is 16.7. The molecule has 0 bridgehead atoms. The molecule has 0 N–H and O–H groups in total. The van der Waals surface area contributed by atoms with Crippen LogP contribution in [0, 0.1) is 22.9 Å². The van der Waals surface area contributed by atoms with Crippen molar-refractivity contribution in [3.05, 3.63) is 83.9 Å². The molecule has 0 saturated carbocycles. The average molecular weight is 607 g/mol. The van der Waals surface area contributed by atoms with Gasteiger partial charge in [-0.2, -0.15) is 0 Å². The molecule has 0 saturated heterocycles. The molecular weight excluding hydrogens is 561 g/mol. The van der Waals surface area contributed by atoms with Crippen molar-refractivity contribution < 1.29 is 0 Å². The van der Waals surface area contributed by atoms with Gasteiger partial charge in [-0.25, -0.2) is 0 Å². The minimum atomic E-state index is 0.295. The van der Waals surface area contributed by atoms with Gasteiger partial charge in [0.2, 0.25) is 0 Å². The van der Waals surface area contributed by atoms with Gasteiger partial charge < -0.3 is 0 Å². The second-order valence-electron chi connectivity index (χ2n) is 13.1. The van der Waals surface area contributed by atoms with E-state index >= 15 is 0 Å². The third kappa shape index (κ3) is 6.99. The molecule has 0 nitrogen and oxygen atoms in total. The summed E-state index contributed by atoms with van der Waals surface area (Å²) in [5, 5.41) is 10.6. The molecule has 0 aliphatic rings. The molecule has 0 atom stereocenters. The third-order valence-corrected chi connectivity index (χ3v) is 11.9. The molecule has 2 heteroatoms. The lowest BCUT2D eigenvalue weighted by atomic mass is 9.90. The van der Waals surface area contributed by atoms with Crippen LogP contribution in [0.1, 0.15) is 104 Å². The zero-order valence-electron chi connectivity index (χ0n) is 27.6. The zero-order valence-corrected chi connectivity index (χ0v) is 29.6. The molecule has 5 aromatic rings. The summed E-state index contributed by atoms with van der Waals surface area (Å²) in [5.41, 5.74) is 9.77. The molecule has 0 unspecified atom stereocenters. The zero-order chi connectivity index (χ0) is 31.2. The maximum absolute atomic E-state index is 3.76. The van der Waals surface area contributed by atoms with E-state index in [0.717, 1.165) is 11.1 Å². The normalized spacial score (nSPS) is 12.0. The average Bonchev–Trinajstić information content (AvgIpc) is 3.00. The Balaban J connectivity index is 1.76. The van der Waals surface area contributed by atoms with Crippen LogP contribution in [0.4, 0.5) is 0 Å². The molecule has 0 aliphatic carbocycles. The highest BCUT2D eigenvalue weighted by atomic mass is 28.2. The number of rotatable bonds is 10. The summed E-state index contributed by atoms with van der Waals surface area (Å²) in [6.07, 6.45) is 9.77. The fourth-order valence-electron chi connectivity index (χ4n) is 7.08. The van der Waals surface area contributed by atoms with Gasteiger partial charge in [-0.3, -0.25) is 0 Å². The van der Waals surface area contributed by atoms with E-state index in [2.05, 4.69) is 137 Å². The Morgan fingerprint density at radius 3 is 1.20 bits per heavy atom. The molecule has 222 valence electrons. The molecular formula is C42H46Si2. The highest BCUT2D eigenvalue weighted by Gasteiger charge is 2.23. The summed E-state index contributed by atoms with van der Waals surface area (Å²) >= 11 is 0. The smallest absolute Gasteiger partial charge is 0.130 e. The maximum atomic E-state index is 3.76. The van der Waals surface area contributed by atoms with Gasteiger partial charge in [-0.05, 0) is 103 Å². The maximum Gasteiger partial charge on any atom is 0.155 e. The Morgan fingerprint density at radius 1 is 0.477 bits per heavy atom. The summed E-state index contributed by atoms with van der Waals surface area (Å²) in [6, 6.07) is 27.0. The van der Waals surface area contributed by atoms with Gasteiger partial charge in [0.1, 0.15) is 0 Å². The number of fused-ring (bicyclic) bond motifs is 4. The Hall–Kier alpha value is -3.31. The number of hydrogen-bond donors (Lipinski definition) is 0. The lowest BCUT2D eigenvalue weighted by Crippen LogP contribution is -2.15. The highest BCUT2D eigenvalue weighted by molar-refractivity contribution is 6.50. The van der Waals surface area contributed by atoms with Gasteiger partial charge in [0.15, 0.2) is 19.0 Å². The van der Waals surface area contributed by atoms with Crippen molar-refractivity contribution in [3.63, 3.8) is 0 Å². The molecule has 0 fully saturated rings. The predicted octanol–water partition coefficient (Wildman–Crippen LogP) is 11.9. The molecule has 5 rings (SSSR count). The van der Waals surface area contributed by atoms with Crippen molar-refractivity contribution in [3.8, 4) is 22.9 Å². The highest BCUT2D eigenvalue weighted by Crippen LogP contribution is 2.38. The first-order chi connectivity index (χ1) is 21.3. The van der Waals surface area contributed by atoms with Crippen molar-refractivity contribution >= 4 is 62.1 Å². The fourth-order valence-corrected chi connectivity index (χ4v) is 9.56. The van der Waals surface area contributed by atoms with Gasteiger partial charge in [-0.1, -0.05) is 128 Å². The lowest BCUT2D eigenvalue weighted by Gasteiger charge is -2.25. The Labute approximate surface area is 271 Å². The van der Waals surface area contributed by atoms with Crippen LogP contribution in [0.15, 0.2) is 72.8 Å². The van der Waals surface area contributed by atoms with Crippen molar-refractivity contribution in [1.82, 2.24) is 0 Å². The van der Waals surface area contributed by atoms with Crippen molar-refractivity contribution in [2.45, 2.75) is 103 Å². The summed E-state index contributed by atoms with van der Waals surface area (Å²) in [7, 11) is 1.26. The van der Waals surface area contributed by atoms with E-state index in [4.69, 9.17) is 0 Å². The first kappa shape index (κ1) is 32.1. The quantitative estimate of drug-likeness (QED) is 0.0842.